The van der Waals surface area contributed by atoms with Gasteiger partial charge < -0.3 is 0 Å². The molecule has 22 heavy (non-hydrogen) atoms. The van der Waals surface area contributed by atoms with Crippen molar-refractivity contribution in [3.8, 4) is 11.1 Å². The maximum absolute atomic E-state index is 10.8. The molecular formula is C20H16OS. The normalized spacial score (nSPS) is 10.4. The first-order valence-electron chi connectivity index (χ1n) is 7.15. The molecule has 0 spiro atoms. The predicted molar refractivity (Wildman–Crippen MR) is 92.6 cm³/mol. The highest BCUT2D eigenvalue weighted by atomic mass is 32.2. The van der Waals surface area contributed by atoms with E-state index in [1.54, 1.807) is 11.8 Å². The number of aldehydes is 1. The van der Waals surface area contributed by atoms with Crippen LogP contribution in [0.15, 0.2) is 82.6 Å². The van der Waals surface area contributed by atoms with Crippen molar-refractivity contribution in [1.82, 2.24) is 0 Å². The first kappa shape index (κ1) is 14.6. The van der Waals surface area contributed by atoms with Gasteiger partial charge in [0.1, 0.15) is 6.29 Å². The Morgan fingerprint density at radius 2 is 1.59 bits per heavy atom. The molecule has 0 aliphatic rings. The summed E-state index contributed by atoms with van der Waals surface area (Å²) in [5, 5.41) is 0. The molecule has 3 rings (SSSR count). The molecule has 0 aromatic heterocycles. The lowest BCUT2D eigenvalue weighted by Gasteiger charge is -2.11. The number of rotatable bonds is 4. The summed E-state index contributed by atoms with van der Waals surface area (Å²) in [5.74, 6) is 0. The van der Waals surface area contributed by atoms with Gasteiger partial charge in [0.2, 0.25) is 0 Å². The third-order valence-electron chi connectivity index (χ3n) is 3.47. The Morgan fingerprint density at radius 3 is 2.27 bits per heavy atom. The van der Waals surface area contributed by atoms with E-state index in [4.69, 9.17) is 0 Å². The Labute approximate surface area is 135 Å². The molecule has 0 saturated heterocycles. The van der Waals surface area contributed by atoms with Crippen LogP contribution in [0.5, 0.6) is 0 Å². The molecule has 3 aromatic carbocycles. The summed E-state index contributed by atoms with van der Waals surface area (Å²) in [6.45, 7) is 2.11. The molecule has 0 N–H and O–H groups in total. The monoisotopic (exact) mass is 304 g/mol. The Hall–Kier alpha value is -2.32. The van der Waals surface area contributed by atoms with E-state index in [-0.39, 0.29) is 0 Å². The largest absolute Gasteiger partial charge is 0.298 e. The van der Waals surface area contributed by atoms with Gasteiger partial charge in [-0.2, -0.15) is 0 Å². The molecular weight excluding hydrogens is 288 g/mol. The summed E-state index contributed by atoms with van der Waals surface area (Å²) in [6.07, 6.45) is 0.874. The molecule has 0 atom stereocenters. The van der Waals surface area contributed by atoms with Crippen LogP contribution in [0, 0.1) is 6.92 Å². The van der Waals surface area contributed by atoms with Gasteiger partial charge in [-0.1, -0.05) is 66.4 Å². The smallest absolute Gasteiger partial charge is 0.150 e. The van der Waals surface area contributed by atoms with E-state index >= 15 is 0 Å². The molecule has 0 bridgehead atoms. The number of carbonyl (C=O) groups is 1. The molecule has 0 saturated carbocycles. The summed E-state index contributed by atoms with van der Waals surface area (Å²) in [6, 6.07) is 24.6. The number of aryl methyl sites for hydroxylation is 1. The molecule has 0 aliphatic carbocycles. The third-order valence-corrected chi connectivity index (χ3v) is 4.53. The fourth-order valence-corrected chi connectivity index (χ4v) is 3.40. The fraction of sp³-hybridized carbons (Fsp3) is 0.0500. The topological polar surface area (TPSA) is 17.1 Å². The highest BCUT2D eigenvalue weighted by molar-refractivity contribution is 7.99. The van der Waals surface area contributed by atoms with E-state index in [1.807, 2.05) is 30.3 Å². The van der Waals surface area contributed by atoms with E-state index < -0.39 is 0 Å². The van der Waals surface area contributed by atoms with Gasteiger partial charge in [0, 0.05) is 15.4 Å². The van der Waals surface area contributed by atoms with Gasteiger partial charge in [-0.05, 0) is 41.8 Å². The second-order valence-electron chi connectivity index (χ2n) is 5.15. The average molecular weight is 304 g/mol. The van der Waals surface area contributed by atoms with Crippen LogP contribution in [-0.2, 0) is 0 Å². The summed E-state index contributed by atoms with van der Waals surface area (Å²) in [7, 11) is 0. The lowest BCUT2D eigenvalue weighted by Crippen LogP contribution is -1.86. The van der Waals surface area contributed by atoms with Crippen molar-refractivity contribution >= 4 is 18.0 Å². The van der Waals surface area contributed by atoms with Crippen molar-refractivity contribution < 1.29 is 4.79 Å². The van der Waals surface area contributed by atoms with Gasteiger partial charge in [0.05, 0.1) is 0 Å². The van der Waals surface area contributed by atoms with Crippen LogP contribution in [0.2, 0.25) is 0 Å². The molecule has 1 nitrogen and oxygen atoms in total. The van der Waals surface area contributed by atoms with Crippen molar-refractivity contribution in [2.24, 2.45) is 0 Å². The van der Waals surface area contributed by atoms with Crippen LogP contribution >= 0.6 is 11.8 Å². The molecule has 0 heterocycles. The lowest BCUT2D eigenvalue weighted by atomic mass is 10.0. The minimum Gasteiger partial charge on any atom is -0.298 e. The molecule has 108 valence electrons. The van der Waals surface area contributed by atoms with Crippen LogP contribution < -0.4 is 0 Å². The van der Waals surface area contributed by atoms with Gasteiger partial charge in [-0.3, -0.25) is 4.79 Å². The number of hydrogen-bond acceptors (Lipinski definition) is 2. The maximum Gasteiger partial charge on any atom is 0.150 e. The van der Waals surface area contributed by atoms with Crippen molar-refractivity contribution in [2.45, 2.75) is 16.7 Å². The van der Waals surface area contributed by atoms with Gasteiger partial charge in [-0.25, -0.2) is 0 Å². The fourth-order valence-electron chi connectivity index (χ4n) is 2.31. The van der Waals surface area contributed by atoms with Gasteiger partial charge in [0.25, 0.3) is 0 Å². The summed E-state index contributed by atoms with van der Waals surface area (Å²) < 4.78 is 0. The minimum atomic E-state index is 0.702. The zero-order valence-electron chi connectivity index (χ0n) is 12.3. The first-order chi connectivity index (χ1) is 10.8. The molecule has 0 aliphatic heterocycles. The zero-order chi connectivity index (χ0) is 15.4. The SMILES string of the molecule is Cc1ccc(-c2ccc(C=O)cc2)c(Sc2ccccc2)c1. The van der Waals surface area contributed by atoms with Gasteiger partial charge >= 0.3 is 0 Å². The molecule has 0 amide bonds. The lowest BCUT2D eigenvalue weighted by molar-refractivity contribution is 0.112. The highest BCUT2D eigenvalue weighted by Gasteiger charge is 2.07. The molecule has 0 radical (unpaired) electrons. The zero-order valence-corrected chi connectivity index (χ0v) is 13.1. The van der Waals surface area contributed by atoms with Crippen molar-refractivity contribution in [3.63, 3.8) is 0 Å². The van der Waals surface area contributed by atoms with E-state index in [0.29, 0.717) is 5.56 Å². The molecule has 2 heteroatoms. The molecule has 3 aromatic rings. The van der Waals surface area contributed by atoms with Crippen LogP contribution in [-0.4, -0.2) is 6.29 Å². The van der Waals surface area contributed by atoms with Crippen molar-refractivity contribution in [2.75, 3.05) is 0 Å². The second-order valence-corrected chi connectivity index (χ2v) is 6.27. The summed E-state index contributed by atoms with van der Waals surface area (Å²) >= 11 is 1.76. The summed E-state index contributed by atoms with van der Waals surface area (Å²) in [4.78, 5) is 13.3. The van der Waals surface area contributed by atoms with Crippen molar-refractivity contribution in [1.29, 1.82) is 0 Å². The Balaban J connectivity index is 2.01. The van der Waals surface area contributed by atoms with Crippen molar-refractivity contribution in [3.05, 3.63) is 83.9 Å². The number of hydrogen-bond donors (Lipinski definition) is 0. The summed E-state index contributed by atoms with van der Waals surface area (Å²) in [5.41, 5.74) is 4.26. The molecule has 0 unspecified atom stereocenters. The second kappa shape index (κ2) is 6.63. The first-order valence-corrected chi connectivity index (χ1v) is 7.97. The number of carbonyl (C=O) groups excluding carboxylic acids is 1. The standard InChI is InChI=1S/C20H16OS/c1-15-7-12-19(17-10-8-16(14-21)9-11-17)20(13-15)22-18-5-3-2-4-6-18/h2-14H,1H3. The maximum atomic E-state index is 10.8. The van der Waals surface area contributed by atoms with E-state index in [0.717, 1.165) is 11.8 Å². The van der Waals surface area contributed by atoms with Crippen LogP contribution in [0.3, 0.4) is 0 Å². The predicted octanol–water partition coefficient (Wildman–Crippen LogP) is 5.63. The van der Waals surface area contributed by atoms with Crippen LogP contribution in [0.1, 0.15) is 15.9 Å². The number of benzene rings is 3. The molecule has 0 fully saturated rings. The van der Waals surface area contributed by atoms with E-state index in [9.17, 15) is 4.79 Å². The average Bonchev–Trinajstić information content (AvgIpc) is 2.56. The van der Waals surface area contributed by atoms with E-state index in [2.05, 4.69) is 49.4 Å². The van der Waals surface area contributed by atoms with E-state index in [1.165, 1.54) is 20.9 Å². The van der Waals surface area contributed by atoms with Gasteiger partial charge in [-0.15, -0.1) is 0 Å². The Morgan fingerprint density at radius 1 is 0.864 bits per heavy atom. The Bertz CT molecular complexity index is 777. The quantitative estimate of drug-likeness (QED) is 0.581. The minimum absolute atomic E-state index is 0.702. The van der Waals surface area contributed by atoms with Crippen LogP contribution in [0.25, 0.3) is 11.1 Å². The van der Waals surface area contributed by atoms with Crippen LogP contribution in [0.4, 0.5) is 0 Å². The highest BCUT2D eigenvalue weighted by Crippen LogP contribution is 2.36. The Kier molecular flexibility index (Phi) is 4.40. The third kappa shape index (κ3) is 3.29. The van der Waals surface area contributed by atoms with Gasteiger partial charge in [0.15, 0.2) is 0 Å².